The maximum absolute atomic E-state index is 13.1. The van der Waals surface area contributed by atoms with Crippen LogP contribution in [0.25, 0.3) is 11.5 Å². The highest BCUT2D eigenvalue weighted by Gasteiger charge is 2.18. The Hall–Kier alpha value is -3.76. The summed E-state index contributed by atoms with van der Waals surface area (Å²) in [6, 6.07) is 13.7. The molecule has 10 heteroatoms. The number of hydrogen-bond donors (Lipinski definition) is 1. The summed E-state index contributed by atoms with van der Waals surface area (Å²) in [5, 5.41) is 5.14. The maximum Gasteiger partial charge on any atom is 0.340 e. The molecule has 0 radical (unpaired) electrons. The fraction of sp³-hybridized carbons (Fsp3) is 0.167. The largest absolute Gasteiger partial charge is 0.455 e. The van der Waals surface area contributed by atoms with Crippen molar-refractivity contribution >= 4 is 16.0 Å². The third kappa shape index (κ3) is 5.08. The minimum atomic E-state index is -3.76. The van der Waals surface area contributed by atoms with Crippen molar-refractivity contribution in [3.8, 4) is 11.5 Å². The number of sulfonamides is 1. The number of oxazole rings is 1. The molecule has 2 aromatic heterocycles. The van der Waals surface area contributed by atoms with Gasteiger partial charge in [0.05, 0.1) is 10.5 Å². The zero-order valence-corrected chi connectivity index (χ0v) is 19.3. The zero-order chi connectivity index (χ0) is 24.5. The van der Waals surface area contributed by atoms with Gasteiger partial charge in [-0.25, -0.2) is 27.7 Å². The van der Waals surface area contributed by atoms with E-state index in [4.69, 9.17) is 14.3 Å². The average molecular weight is 484 g/mol. The van der Waals surface area contributed by atoms with Crippen LogP contribution in [0.1, 0.15) is 33.0 Å². The summed E-state index contributed by atoms with van der Waals surface area (Å²) < 4.78 is 48.7. The number of esters is 1. The van der Waals surface area contributed by atoms with E-state index in [1.807, 2.05) is 18.4 Å². The van der Waals surface area contributed by atoms with Crippen LogP contribution < -0.4 is 5.14 Å². The Bertz CT molecular complexity index is 1440. The molecule has 34 heavy (non-hydrogen) atoms. The molecule has 2 N–H and O–H groups in total. The highest BCUT2D eigenvalue weighted by Crippen LogP contribution is 2.21. The van der Waals surface area contributed by atoms with Crippen molar-refractivity contribution in [1.29, 1.82) is 0 Å². The van der Waals surface area contributed by atoms with Gasteiger partial charge in [-0.15, -0.1) is 0 Å². The summed E-state index contributed by atoms with van der Waals surface area (Å²) in [7, 11) is -3.76. The van der Waals surface area contributed by atoms with Crippen molar-refractivity contribution in [1.82, 2.24) is 9.55 Å². The topological polar surface area (TPSA) is 117 Å². The summed E-state index contributed by atoms with van der Waals surface area (Å²) in [5.74, 6) is -0.560. The third-order valence-corrected chi connectivity index (χ3v) is 6.31. The molecule has 0 spiro atoms. The molecule has 0 amide bonds. The van der Waals surface area contributed by atoms with Gasteiger partial charge in [-0.2, -0.15) is 0 Å². The van der Waals surface area contributed by atoms with E-state index in [-0.39, 0.29) is 17.3 Å². The second kappa shape index (κ2) is 9.24. The molecule has 4 aromatic rings. The van der Waals surface area contributed by atoms with Crippen LogP contribution in [0.4, 0.5) is 4.39 Å². The molecule has 0 aliphatic rings. The van der Waals surface area contributed by atoms with Crippen LogP contribution in [0.2, 0.25) is 0 Å². The van der Waals surface area contributed by atoms with Crippen LogP contribution in [-0.4, -0.2) is 23.9 Å². The van der Waals surface area contributed by atoms with Crippen molar-refractivity contribution in [2.45, 2.75) is 31.9 Å². The smallest absolute Gasteiger partial charge is 0.340 e. The van der Waals surface area contributed by atoms with Crippen LogP contribution in [0.15, 0.2) is 70.2 Å². The summed E-state index contributed by atoms with van der Waals surface area (Å²) in [6.45, 7) is 4.04. The Labute approximate surface area is 195 Å². The standard InChI is InChI=1S/C24H22FN3O5S/c1-15-11-22(16(2)28(15)12-17-3-9-21(10-4-17)34(26,30)31)24(29)33-14-20-13-32-23(27-20)18-5-7-19(25)8-6-18/h3-11,13H,12,14H2,1-2H3,(H2,26,30,31). The second-order valence-corrected chi connectivity index (χ2v) is 9.35. The van der Waals surface area contributed by atoms with Gasteiger partial charge in [-0.3, -0.25) is 0 Å². The van der Waals surface area contributed by atoms with E-state index in [1.165, 1.54) is 30.5 Å². The fourth-order valence-electron chi connectivity index (χ4n) is 3.53. The number of halogens is 1. The third-order valence-electron chi connectivity index (χ3n) is 5.38. The summed E-state index contributed by atoms with van der Waals surface area (Å²) in [5.41, 5.74) is 3.87. The Morgan fingerprint density at radius 2 is 1.79 bits per heavy atom. The number of primary sulfonamides is 1. The predicted molar refractivity (Wildman–Crippen MR) is 122 cm³/mol. The highest BCUT2D eigenvalue weighted by atomic mass is 32.2. The number of aromatic nitrogens is 2. The number of benzene rings is 2. The van der Waals surface area contributed by atoms with Gasteiger partial charge in [0.15, 0.2) is 0 Å². The van der Waals surface area contributed by atoms with E-state index in [1.54, 1.807) is 30.3 Å². The molecule has 0 saturated carbocycles. The van der Waals surface area contributed by atoms with E-state index in [0.29, 0.717) is 35.0 Å². The lowest BCUT2D eigenvalue weighted by Gasteiger charge is -2.10. The van der Waals surface area contributed by atoms with Crippen LogP contribution in [-0.2, 0) is 27.9 Å². The number of nitrogens with zero attached hydrogens (tertiary/aromatic N) is 2. The number of carbonyl (C=O) groups excluding carboxylic acids is 1. The van der Waals surface area contributed by atoms with Crippen molar-refractivity contribution < 1.29 is 26.8 Å². The molecule has 0 bridgehead atoms. The van der Waals surface area contributed by atoms with E-state index in [0.717, 1.165) is 11.3 Å². The number of rotatable bonds is 7. The molecule has 0 fully saturated rings. The van der Waals surface area contributed by atoms with Crippen molar-refractivity contribution in [2.75, 3.05) is 0 Å². The minimum Gasteiger partial charge on any atom is -0.455 e. The molecule has 0 aliphatic carbocycles. The number of carbonyl (C=O) groups is 1. The molecule has 0 saturated heterocycles. The summed E-state index contributed by atoms with van der Waals surface area (Å²) in [6.07, 6.45) is 1.39. The lowest BCUT2D eigenvalue weighted by atomic mass is 10.2. The average Bonchev–Trinajstić information content (AvgIpc) is 3.38. The zero-order valence-electron chi connectivity index (χ0n) is 18.5. The number of hydrogen-bond acceptors (Lipinski definition) is 6. The summed E-state index contributed by atoms with van der Waals surface area (Å²) >= 11 is 0. The van der Waals surface area contributed by atoms with Gasteiger partial charge in [-0.1, -0.05) is 12.1 Å². The van der Waals surface area contributed by atoms with Crippen LogP contribution in [0.5, 0.6) is 0 Å². The van der Waals surface area contributed by atoms with Crippen molar-refractivity contribution in [2.24, 2.45) is 5.14 Å². The highest BCUT2D eigenvalue weighted by molar-refractivity contribution is 7.89. The maximum atomic E-state index is 13.1. The predicted octanol–water partition coefficient (Wildman–Crippen LogP) is 3.95. The van der Waals surface area contributed by atoms with Gasteiger partial charge in [0.2, 0.25) is 15.9 Å². The van der Waals surface area contributed by atoms with E-state index in [2.05, 4.69) is 4.98 Å². The first-order chi connectivity index (χ1) is 16.1. The van der Waals surface area contributed by atoms with Crippen LogP contribution >= 0.6 is 0 Å². The van der Waals surface area contributed by atoms with E-state index < -0.39 is 16.0 Å². The number of nitrogens with two attached hydrogens (primary N) is 1. The molecular weight excluding hydrogens is 461 g/mol. The number of ether oxygens (including phenoxy) is 1. The van der Waals surface area contributed by atoms with Gasteiger partial charge in [0.25, 0.3) is 0 Å². The van der Waals surface area contributed by atoms with E-state index >= 15 is 0 Å². The Balaban J connectivity index is 1.43. The number of aryl methyl sites for hydroxylation is 1. The Morgan fingerprint density at radius 3 is 2.44 bits per heavy atom. The van der Waals surface area contributed by atoms with Crippen molar-refractivity contribution in [3.05, 3.63) is 94.9 Å². The van der Waals surface area contributed by atoms with Crippen molar-refractivity contribution in [3.63, 3.8) is 0 Å². The first-order valence-corrected chi connectivity index (χ1v) is 11.8. The first-order valence-electron chi connectivity index (χ1n) is 10.3. The van der Waals surface area contributed by atoms with Gasteiger partial charge in [0.1, 0.15) is 24.4 Å². The van der Waals surface area contributed by atoms with Crippen LogP contribution in [0, 0.1) is 19.7 Å². The first kappa shape index (κ1) is 23.4. The monoisotopic (exact) mass is 483 g/mol. The molecule has 176 valence electrons. The lowest BCUT2D eigenvalue weighted by Crippen LogP contribution is -2.12. The normalized spacial score (nSPS) is 11.5. The van der Waals surface area contributed by atoms with Gasteiger partial charge >= 0.3 is 5.97 Å². The molecular formula is C24H22FN3O5S. The van der Waals surface area contributed by atoms with Gasteiger partial charge in [0, 0.05) is 23.5 Å². The fourth-order valence-corrected chi connectivity index (χ4v) is 4.05. The lowest BCUT2D eigenvalue weighted by molar-refractivity contribution is 0.0466. The molecule has 4 rings (SSSR count). The quantitative estimate of drug-likeness (QED) is 0.398. The van der Waals surface area contributed by atoms with Gasteiger partial charge in [-0.05, 0) is 61.9 Å². The summed E-state index contributed by atoms with van der Waals surface area (Å²) in [4.78, 5) is 17.0. The molecule has 2 aromatic carbocycles. The SMILES string of the molecule is Cc1cc(C(=O)OCc2coc(-c3ccc(F)cc3)n2)c(C)n1Cc1ccc(S(N)(=O)=O)cc1. The molecule has 0 unspecified atom stereocenters. The Morgan fingerprint density at radius 1 is 1.12 bits per heavy atom. The minimum absolute atomic E-state index is 0.0388. The van der Waals surface area contributed by atoms with Crippen LogP contribution in [0.3, 0.4) is 0 Å². The Kier molecular flexibility index (Phi) is 6.36. The van der Waals surface area contributed by atoms with Gasteiger partial charge < -0.3 is 13.7 Å². The molecule has 2 heterocycles. The van der Waals surface area contributed by atoms with E-state index in [9.17, 15) is 17.6 Å². The molecule has 0 atom stereocenters. The molecule has 8 nitrogen and oxygen atoms in total. The second-order valence-electron chi connectivity index (χ2n) is 7.79. The molecule has 0 aliphatic heterocycles.